The molecule has 1 aromatic carbocycles. The van der Waals surface area contributed by atoms with E-state index in [1.54, 1.807) is 0 Å². The number of halogens is 1. The zero-order valence-electron chi connectivity index (χ0n) is 11.4. The third-order valence-corrected chi connectivity index (χ3v) is 4.09. The number of nitrogens with one attached hydrogen (secondary N) is 1. The minimum atomic E-state index is 0.588. The Kier molecular flexibility index (Phi) is 3.67. The smallest absolute Gasteiger partial charge is 0.162 e. The van der Waals surface area contributed by atoms with E-state index in [2.05, 4.69) is 26.3 Å². The average molecular weight is 338 g/mol. The summed E-state index contributed by atoms with van der Waals surface area (Å²) >= 11 is 3.64. The molecule has 1 aromatic heterocycles. The Hall–Kier alpha value is -1.53. The van der Waals surface area contributed by atoms with Crippen LogP contribution >= 0.6 is 15.9 Å². The molecule has 1 N–H and O–H groups in total. The number of hydrogen-bond donors (Lipinski definition) is 1. The molecule has 6 heteroatoms. The zero-order chi connectivity index (χ0) is 14.1. The second-order valence-electron chi connectivity index (χ2n) is 4.62. The van der Waals surface area contributed by atoms with Crippen LogP contribution in [0, 0.1) is 0 Å². The molecule has 0 saturated carbocycles. The first-order valence-corrected chi connectivity index (χ1v) is 7.26. The molecule has 0 fully saturated rings. The van der Waals surface area contributed by atoms with Crippen LogP contribution in [0.4, 0.5) is 0 Å². The summed E-state index contributed by atoms with van der Waals surface area (Å²) < 4.78 is 14.0. The average Bonchev–Trinajstić information content (AvgIpc) is 2.75. The number of aromatic nitrogens is 2. The Labute approximate surface area is 126 Å². The molecule has 0 unspecified atom stereocenters. The number of nitrogens with zero attached hydrogens (tertiary/aromatic N) is 2. The lowest BCUT2D eigenvalue weighted by Gasteiger charge is -2.18. The van der Waals surface area contributed by atoms with E-state index in [-0.39, 0.29) is 0 Å². The predicted molar refractivity (Wildman–Crippen MR) is 80.1 cm³/mol. The standard InChI is InChI=1S/C14H16BrN3O2/c1-16-8-10-13(15)14(17-18(10)2)9-3-4-11-12(7-9)20-6-5-19-11/h3-4,7,16H,5-6,8H2,1-2H3. The molecule has 0 amide bonds. The van der Waals surface area contributed by atoms with Crippen LogP contribution in [0.3, 0.4) is 0 Å². The van der Waals surface area contributed by atoms with E-state index < -0.39 is 0 Å². The number of benzene rings is 1. The molecule has 1 aliphatic heterocycles. The molecule has 5 nitrogen and oxygen atoms in total. The minimum Gasteiger partial charge on any atom is -0.486 e. The fraction of sp³-hybridized carbons (Fsp3) is 0.357. The first-order valence-electron chi connectivity index (χ1n) is 6.46. The maximum atomic E-state index is 5.62. The molecule has 3 rings (SSSR count). The van der Waals surface area contributed by atoms with Gasteiger partial charge in [0.1, 0.15) is 18.9 Å². The Morgan fingerprint density at radius 3 is 2.80 bits per heavy atom. The first kappa shape index (κ1) is 13.5. The lowest BCUT2D eigenvalue weighted by molar-refractivity contribution is 0.171. The van der Waals surface area contributed by atoms with Crippen LogP contribution in [0.5, 0.6) is 11.5 Å². The summed E-state index contributed by atoms with van der Waals surface area (Å²) in [5.74, 6) is 1.57. The predicted octanol–water partition coefficient (Wildman–Crippen LogP) is 2.34. The molecule has 0 saturated heterocycles. The van der Waals surface area contributed by atoms with Gasteiger partial charge in [-0.15, -0.1) is 0 Å². The topological polar surface area (TPSA) is 48.3 Å². The van der Waals surface area contributed by atoms with E-state index in [1.807, 2.05) is 37.0 Å². The molecule has 106 valence electrons. The molecule has 2 aromatic rings. The van der Waals surface area contributed by atoms with E-state index in [0.717, 1.165) is 39.5 Å². The highest BCUT2D eigenvalue weighted by molar-refractivity contribution is 9.10. The van der Waals surface area contributed by atoms with Crippen molar-refractivity contribution in [2.45, 2.75) is 6.54 Å². The van der Waals surface area contributed by atoms with Crippen LogP contribution in [-0.4, -0.2) is 30.0 Å². The summed E-state index contributed by atoms with van der Waals surface area (Å²) in [6.45, 7) is 1.95. The number of aryl methyl sites for hydroxylation is 1. The molecule has 2 heterocycles. The van der Waals surface area contributed by atoms with Gasteiger partial charge >= 0.3 is 0 Å². The van der Waals surface area contributed by atoms with Crippen molar-refractivity contribution in [2.24, 2.45) is 7.05 Å². The van der Waals surface area contributed by atoms with Crippen molar-refractivity contribution in [3.05, 3.63) is 28.4 Å². The third kappa shape index (κ3) is 2.29. The number of hydrogen-bond acceptors (Lipinski definition) is 4. The fourth-order valence-electron chi connectivity index (χ4n) is 2.27. The molecule has 0 atom stereocenters. The number of ether oxygens (including phenoxy) is 2. The lowest BCUT2D eigenvalue weighted by atomic mass is 10.1. The van der Waals surface area contributed by atoms with Crippen molar-refractivity contribution < 1.29 is 9.47 Å². The van der Waals surface area contributed by atoms with Crippen LogP contribution in [0.2, 0.25) is 0 Å². The molecule has 1 aliphatic rings. The van der Waals surface area contributed by atoms with Gasteiger partial charge in [-0.2, -0.15) is 5.10 Å². The van der Waals surface area contributed by atoms with Crippen molar-refractivity contribution in [3.8, 4) is 22.8 Å². The van der Waals surface area contributed by atoms with Gasteiger partial charge in [-0.1, -0.05) is 0 Å². The summed E-state index contributed by atoms with van der Waals surface area (Å²) in [6.07, 6.45) is 0. The van der Waals surface area contributed by atoms with Crippen LogP contribution in [0.1, 0.15) is 5.69 Å². The highest BCUT2D eigenvalue weighted by Gasteiger charge is 2.18. The summed E-state index contributed by atoms with van der Waals surface area (Å²) in [5, 5.41) is 7.73. The monoisotopic (exact) mass is 337 g/mol. The van der Waals surface area contributed by atoms with Crippen LogP contribution in [-0.2, 0) is 13.6 Å². The van der Waals surface area contributed by atoms with Gasteiger partial charge in [0.15, 0.2) is 11.5 Å². The normalized spacial score (nSPS) is 13.6. The van der Waals surface area contributed by atoms with Crippen LogP contribution in [0.15, 0.2) is 22.7 Å². The van der Waals surface area contributed by atoms with Crippen LogP contribution in [0.25, 0.3) is 11.3 Å². The van der Waals surface area contributed by atoms with E-state index in [0.29, 0.717) is 13.2 Å². The molecule has 20 heavy (non-hydrogen) atoms. The van der Waals surface area contributed by atoms with Crippen molar-refractivity contribution in [3.63, 3.8) is 0 Å². The van der Waals surface area contributed by atoms with Gasteiger partial charge in [0.25, 0.3) is 0 Å². The summed E-state index contributed by atoms with van der Waals surface area (Å²) in [7, 11) is 3.86. The van der Waals surface area contributed by atoms with E-state index in [9.17, 15) is 0 Å². The maximum absolute atomic E-state index is 5.62. The molecule has 0 bridgehead atoms. The molecule has 0 radical (unpaired) electrons. The van der Waals surface area contributed by atoms with Crippen molar-refractivity contribution >= 4 is 15.9 Å². The highest BCUT2D eigenvalue weighted by Crippen LogP contribution is 2.37. The number of rotatable bonds is 3. The van der Waals surface area contributed by atoms with E-state index in [1.165, 1.54) is 0 Å². The summed E-state index contributed by atoms with van der Waals surface area (Å²) in [5.41, 5.74) is 3.03. The van der Waals surface area contributed by atoms with Gasteiger partial charge in [0.2, 0.25) is 0 Å². The lowest BCUT2D eigenvalue weighted by Crippen LogP contribution is -2.15. The van der Waals surface area contributed by atoms with Gasteiger partial charge in [0.05, 0.1) is 10.2 Å². The molecular formula is C14H16BrN3O2. The Morgan fingerprint density at radius 2 is 2.05 bits per heavy atom. The second-order valence-corrected chi connectivity index (χ2v) is 5.41. The van der Waals surface area contributed by atoms with Gasteiger partial charge in [-0.25, -0.2) is 0 Å². The zero-order valence-corrected chi connectivity index (χ0v) is 13.0. The van der Waals surface area contributed by atoms with E-state index >= 15 is 0 Å². The third-order valence-electron chi connectivity index (χ3n) is 3.26. The molecule has 0 aliphatic carbocycles. The molecular weight excluding hydrogens is 322 g/mol. The quantitative estimate of drug-likeness (QED) is 0.933. The first-order chi connectivity index (χ1) is 9.70. The largest absolute Gasteiger partial charge is 0.486 e. The van der Waals surface area contributed by atoms with Gasteiger partial charge in [0, 0.05) is 19.2 Å². The maximum Gasteiger partial charge on any atom is 0.162 e. The van der Waals surface area contributed by atoms with Gasteiger partial charge < -0.3 is 14.8 Å². The SMILES string of the molecule is CNCc1c(Br)c(-c2ccc3c(c2)OCCO3)nn1C. The van der Waals surface area contributed by atoms with Gasteiger partial charge in [-0.05, 0) is 41.2 Å². The fourth-order valence-corrected chi connectivity index (χ4v) is 2.97. The minimum absolute atomic E-state index is 0.588. The summed E-state index contributed by atoms with van der Waals surface area (Å²) in [4.78, 5) is 0. The highest BCUT2D eigenvalue weighted by atomic mass is 79.9. The van der Waals surface area contributed by atoms with Crippen LogP contribution < -0.4 is 14.8 Å². The molecule has 0 spiro atoms. The van der Waals surface area contributed by atoms with E-state index in [4.69, 9.17) is 9.47 Å². The van der Waals surface area contributed by atoms with Crippen molar-refractivity contribution in [1.82, 2.24) is 15.1 Å². The Morgan fingerprint density at radius 1 is 1.30 bits per heavy atom. The van der Waals surface area contributed by atoms with Crippen molar-refractivity contribution in [1.29, 1.82) is 0 Å². The van der Waals surface area contributed by atoms with Gasteiger partial charge in [-0.3, -0.25) is 4.68 Å². The Bertz CT molecular complexity index is 640. The number of fused-ring (bicyclic) bond motifs is 1. The second kappa shape index (κ2) is 5.46. The van der Waals surface area contributed by atoms with Crippen molar-refractivity contribution in [2.75, 3.05) is 20.3 Å². The summed E-state index contributed by atoms with van der Waals surface area (Å²) in [6, 6.07) is 5.91. The Balaban J connectivity index is 2.03.